The highest BCUT2D eigenvalue weighted by Gasteiger charge is 2.51. The van der Waals surface area contributed by atoms with Crippen molar-refractivity contribution in [3.8, 4) is 0 Å². The molecule has 5 nitrogen and oxygen atoms in total. The monoisotopic (exact) mass is 1020 g/mol. The normalized spacial score (nSPS) is 32.8. The SMILES string of the molecule is C.C.COC1=CCC2=C(CCC3C2CC[C@]2(C)CCCC32)C1.COC1=CCC2=C(CCCC2)C1.C[C@@]12CCCC1C1CCC3=CC(=O)CCC3=C1CC2.O=C1C=C2CCCC=C2CC1.O=C1C=C2CCCC=C2CC1. The third-order valence-corrected chi connectivity index (χ3v) is 21.4. The molecule has 4 fully saturated rings. The van der Waals surface area contributed by atoms with E-state index < -0.39 is 0 Å². The summed E-state index contributed by atoms with van der Waals surface area (Å²) in [5, 5.41) is 0. The molecule has 14 rings (SSSR count). The Morgan fingerprint density at radius 1 is 0.427 bits per heavy atom. The lowest BCUT2D eigenvalue weighted by atomic mass is 9.55. The molecular formula is C70H100O5. The fourth-order valence-electron chi connectivity index (χ4n) is 17.3. The van der Waals surface area contributed by atoms with Crippen LogP contribution in [0.1, 0.15) is 247 Å². The standard InChI is InChI=1S/C19H28O.C18H24O.C11H16O.2C10H12O.2CH4/c1-19-10-3-4-18(19)17-7-5-13-12-14(20-2)6-8-15(13)16(17)9-11-19;1-18-9-2-3-17(18)16-6-4-12-11-13(19)5-7-14(12)15(16)8-10-18;1-12-11-7-6-9-4-2-3-5-10(9)8-11;2*11-10-6-5-8-3-1-2-4-9(8)7-10;;/h6,16-18H,3-5,7-12H2,1-2H3;11,16-17H,2-10H2,1H3;7H,2-6,8H2,1H3;2*3,7H,1-2,4-6H2;2*1H4/t16?,17?,18?,19-;16?,17?,18-;;;;;/m00...../s1. The second-order valence-electron chi connectivity index (χ2n) is 25.5. The van der Waals surface area contributed by atoms with Crippen molar-refractivity contribution in [3.05, 3.63) is 115 Å². The average Bonchev–Trinajstić information content (AvgIpc) is 4.03. The predicted octanol–water partition coefficient (Wildman–Crippen LogP) is 19.0. The van der Waals surface area contributed by atoms with Gasteiger partial charge in [0.05, 0.1) is 25.7 Å². The van der Waals surface area contributed by atoms with Gasteiger partial charge in [-0.3, -0.25) is 14.4 Å². The number of hydrogen-bond acceptors (Lipinski definition) is 5. The van der Waals surface area contributed by atoms with Crippen molar-refractivity contribution < 1.29 is 23.9 Å². The molecule has 14 aliphatic carbocycles. The largest absolute Gasteiger partial charge is 0.501 e. The minimum Gasteiger partial charge on any atom is -0.501 e. The number of fused-ring (bicyclic) bond motifs is 10. The van der Waals surface area contributed by atoms with Gasteiger partial charge < -0.3 is 9.47 Å². The van der Waals surface area contributed by atoms with Gasteiger partial charge in [0.25, 0.3) is 0 Å². The maximum atomic E-state index is 11.6. The van der Waals surface area contributed by atoms with Gasteiger partial charge in [0, 0.05) is 32.1 Å². The van der Waals surface area contributed by atoms with Gasteiger partial charge in [-0.15, -0.1) is 0 Å². The van der Waals surface area contributed by atoms with Crippen molar-refractivity contribution in [2.45, 2.75) is 247 Å². The Morgan fingerprint density at radius 2 is 1.00 bits per heavy atom. The number of carbonyl (C=O) groups excluding carboxylic acids is 3. The summed E-state index contributed by atoms with van der Waals surface area (Å²) in [5.74, 6) is 8.15. The molecule has 0 aromatic heterocycles. The van der Waals surface area contributed by atoms with Gasteiger partial charge in [0.15, 0.2) is 17.3 Å². The molecule has 0 heterocycles. The van der Waals surface area contributed by atoms with E-state index in [2.05, 4.69) is 38.2 Å². The third-order valence-electron chi connectivity index (χ3n) is 21.4. The van der Waals surface area contributed by atoms with Crippen LogP contribution in [0.4, 0.5) is 0 Å². The molecular weight excluding hydrogens is 921 g/mol. The molecule has 4 saturated carbocycles. The lowest BCUT2D eigenvalue weighted by molar-refractivity contribution is -0.115. The summed E-state index contributed by atoms with van der Waals surface area (Å²) in [4.78, 5) is 33.6. The number of rotatable bonds is 2. The van der Waals surface area contributed by atoms with Crippen LogP contribution in [0.25, 0.3) is 0 Å². The second-order valence-corrected chi connectivity index (χ2v) is 25.5. The van der Waals surface area contributed by atoms with Gasteiger partial charge in [0.1, 0.15) is 0 Å². The smallest absolute Gasteiger partial charge is 0.156 e. The van der Waals surface area contributed by atoms with Crippen LogP contribution in [-0.2, 0) is 23.9 Å². The van der Waals surface area contributed by atoms with Gasteiger partial charge in [0.2, 0.25) is 0 Å². The lowest BCUT2D eigenvalue weighted by Gasteiger charge is -2.50. The van der Waals surface area contributed by atoms with E-state index in [0.717, 1.165) is 100 Å². The molecule has 14 aliphatic rings. The summed E-state index contributed by atoms with van der Waals surface area (Å²) in [6.45, 7) is 5.14. The van der Waals surface area contributed by atoms with E-state index in [-0.39, 0.29) is 14.9 Å². The number of allylic oxidation sites excluding steroid dienone is 18. The first kappa shape index (κ1) is 57.2. The average molecular weight is 1020 g/mol. The molecule has 75 heavy (non-hydrogen) atoms. The Balaban J connectivity index is 0.000000127. The summed E-state index contributed by atoms with van der Waals surface area (Å²) in [6, 6.07) is 0. The number of ether oxygens (including phenoxy) is 2. The maximum Gasteiger partial charge on any atom is 0.156 e. The summed E-state index contributed by atoms with van der Waals surface area (Å²) in [6.07, 6.45) is 57.0. The molecule has 0 aromatic rings. The molecule has 0 saturated heterocycles. The molecule has 0 spiro atoms. The molecule has 0 amide bonds. The molecule has 410 valence electrons. The zero-order valence-corrected chi connectivity index (χ0v) is 46.0. The Labute approximate surface area is 456 Å². The fraction of sp³-hybridized carbons (Fsp3) is 0.671. The van der Waals surface area contributed by atoms with Crippen LogP contribution in [-0.4, -0.2) is 31.6 Å². The van der Waals surface area contributed by atoms with Crippen LogP contribution >= 0.6 is 0 Å². The van der Waals surface area contributed by atoms with Gasteiger partial charge in [-0.2, -0.15) is 0 Å². The highest BCUT2D eigenvalue weighted by molar-refractivity contribution is 5.94. The van der Waals surface area contributed by atoms with E-state index in [1.165, 1.54) is 187 Å². The van der Waals surface area contributed by atoms with E-state index in [4.69, 9.17) is 9.47 Å². The number of hydrogen-bond donors (Lipinski definition) is 0. The first-order valence-electron chi connectivity index (χ1n) is 30.2. The summed E-state index contributed by atoms with van der Waals surface area (Å²) >= 11 is 0. The fourth-order valence-corrected chi connectivity index (χ4v) is 17.3. The zero-order chi connectivity index (χ0) is 50.5. The van der Waals surface area contributed by atoms with Crippen molar-refractivity contribution >= 4 is 17.3 Å². The van der Waals surface area contributed by atoms with Crippen LogP contribution < -0.4 is 0 Å². The molecule has 0 aliphatic heterocycles. The number of carbonyl (C=O) groups is 3. The van der Waals surface area contributed by atoms with Crippen LogP contribution in [0.5, 0.6) is 0 Å². The highest BCUT2D eigenvalue weighted by atomic mass is 16.5. The van der Waals surface area contributed by atoms with Gasteiger partial charge in [-0.25, -0.2) is 0 Å². The maximum absolute atomic E-state index is 11.6. The molecule has 7 atom stereocenters. The molecule has 0 bridgehead atoms. The Morgan fingerprint density at radius 3 is 1.65 bits per heavy atom. The lowest BCUT2D eigenvalue weighted by Crippen LogP contribution is -2.41. The Kier molecular flexibility index (Phi) is 19.6. The topological polar surface area (TPSA) is 69.7 Å². The summed E-state index contributed by atoms with van der Waals surface area (Å²) < 4.78 is 10.8. The Hall–Kier alpha value is -3.99. The summed E-state index contributed by atoms with van der Waals surface area (Å²) in [5.41, 5.74) is 18.6. The van der Waals surface area contributed by atoms with E-state index in [1.807, 2.05) is 30.9 Å². The molecule has 0 N–H and O–H groups in total. The summed E-state index contributed by atoms with van der Waals surface area (Å²) in [7, 11) is 3.60. The molecule has 0 radical (unpaired) electrons. The highest BCUT2D eigenvalue weighted by Crippen LogP contribution is 2.62. The van der Waals surface area contributed by atoms with Crippen molar-refractivity contribution in [1.82, 2.24) is 0 Å². The first-order chi connectivity index (χ1) is 35.5. The minimum atomic E-state index is 0. The molecule has 5 unspecified atom stereocenters. The Bertz CT molecular complexity index is 2410. The number of ketones is 3. The van der Waals surface area contributed by atoms with Gasteiger partial charge in [-0.05, 0) is 278 Å². The zero-order valence-electron chi connectivity index (χ0n) is 46.0. The number of methoxy groups -OCH3 is 2. The van der Waals surface area contributed by atoms with Crippen molar-refractivity contribution in [3.63, 3.8) is 0 Å². The third kappa shape index (κ3) is 13.0. The van der Waals surface area contributed by atoms with E-state index in [0.29, 0.717) is 28.2 Å². The van der Waals surface area contributed by atoms with Crippen LogP contribution in [0.2, 0.25) is 0 Å². The quantitative estimate of drug-likeness (QED) is 0.258. The van der Waals surface area contributed by atoms with Crippen LogP contribution in [0.15, 0.2) is 115 Å². The van der Waals surface area contributed by atoms with E-state index >= 15 is 0 Å². The van der Waals surface area contributed by atoms with Gasteiger partial charge >= 0.3 is 0 Å². The van der Waals surface area contributed by atoms with Crippen molar-refractivity contribution in [2.24, 2.45) is 40.4 Å². The predicted molar refractivity (Wildman–Crippen MR) is 311 cm³/mol. The van der Waals surface area contributed by atoms with Crippen LogP contribution in [0.3, 0.4) is 0 Å². The second kappa shape index (κ2) is 25.7. The molecule has 0 aromatic carbocycles. The molecule has 5 heteroatoms. The van der Waals surface area contributed by atoms with Gasteiger partial charge in [-0.1, -0.05) is 81.6 Å². The van der Waals surface area contributed by atoms with E-state index in [9.17, 15) is 14.4 Å². The minimum absolute atomic E-state index is 0. The van der Waals surface area contributed by atoms with Crippen molar-refractivity contribution in [2.75, 3.05) is 14.2 Å². The first-order valence-corrected chi connectivity index (χ1v) is 30.2. The van der Waals surface area contributed by atoms with Crippen LogP contribution in [0, 0.1) is 40.4 Å². The van der Waals surface area contributed by atoms with E-state index in [1.54, 1.807) is 35.0 Å². The van der Waals surface area contributed by atoms with Crippen molar-refractivity contribution in [1.29, 1.82) is 0 Å².